The zero-order valence-corrected chi connectivity index (χ0v) is 8.10. The van der Waals surface area contributed by atoms with Crippen molar-refractivity contribution in [2.45, 2.75) is 6.92 Å². The maximum atomic E-state index is 5.88. The van der Waals surface area contributed by atoms with Crippen molar-refractivity contribution in [2.24, 2.45) is 0 Å². The van der Waals surface area contributed by atoms with Crippen LogP contribution in [0.25, 0.3) is 10.8 Å². The van der Waals surface area contributed by atoms with E-state index in [2.05, 4.69) is 6.07 Å². The molecule has 2 heteroatoms. The Labute approximate surface area is 82.1 Å². The lowest BCUT2D eigenvalue weighted by atomic mass is 10.1. The Morgan fingerprint density at radius 2 is 1.85 bits per heavy atom. The monoisotopic (exact) mass is 191 g/mol. The second-order valence-electron chi connectivity index (χ2n) is 3.20. The van der Waals surface area contributed by atoms with E-state index < -0.39 is 0 Å². The van der Waals surface area contributed by atoms with E-state index in [0.29, 0.717) is 0 Å². The third kappa shape index (κ3) is 1.47. The van der Waals surface area contributed by atoms with Crippen LogP contribution in [0.5, 0.6) is 0 Å². The largest absolute Gasteiger partial charge is 0.398 e. The Balaban J connectivity index is 2.81. The SMILES string of the molecule is Cc1cc2cc(Cl)ccc2cc1N. The predicted molar refractivity (Wildman–Crippen MR) is 58.1 cm³/mol. The van der Waals surface area contributed by atoms with Gasteiger partial charge in [0.15, 0.2) is 0 Å². The summed E-state index contributed by atoms with van der Waals surface area (Å²) in [7, 11) is 0. The average molecular weight is 192 g/mol. The van der Waals surface area contributed by atoms with Gasteiger partial charge in [-0.1, -0.05) is 17.7 Å². The molecular formula is C11H10ClN. The number of hydrogen-bond acceptors (Lipinski definition) is 1. The van der Waals surface area contributed by atoms with Crippen molar-refractivity contribution in [3.63, 3.8) is 0 Å². The summed E-state index contributed by atoms with van der Waals surface area (Å²) in [5.41, 5.74) is 7.71. The number of hydrogen-bond donors (Lipinski definition) is 1. The number of anilines is 1. The number of nitrogen functional groups attached to an aromatic ring is 1. The fourth-order valence-electron chi connectivity index (χ4n) is 1.40. The molecule has 0 aromatic heterocycles. The molecule has 0 heterocycles. The summed E-state index contributed by atoms with van der Waals surface area (Å²) in [6, 6.07) is 9.83. The van der Waals surface area contributed by atoms with Gasteiger partial charge in [-0.2, -0.15) is 0 Å². The summed E-state index contributed by atoms with van der Waals surface area (Å²) >= 11 is 5.88. The topological polar surface area (TPSA) is 26.0 Å². The average Bonchev–Trinajstić information content (AvgIpc) is 2.08. The fourth-order valence-corrected chi connectivity index (χ4v) is 1.58. The second-order valence-corrected chi connectivity index (χ2v) is 3.64. The molecule has 0 saturated heterocycles. The molecule has 0 aliphatic heterocycles. The van der Waals surface area contributed by atoms with E-state index >= 15 is 0 Å². The highest BCUT2D eigenvalue weighted by Gasteiger charge is 1.98. The number of nitrogens with two attached hydrogens (primary N) is 1. The molecule has 0 spiro atoms. The minimum atomic E-state index is 0.761. The van der Waals surface area contributed by atoms with Gasteiger partial charge in [0.25, 0.3) is 0 Å². The lowest BCUT2D eigenvalue weighted by molar-refractivity contribution is 1.50. The molecule has 1 nitrogen and oxygen atoms in total. The zero-order chi connectivity index (χ0) is 9.42. The summed E-state index contributed by atoms with van der Waals surface area (Å²) in [5.74, 6) is 0. The molecule has 2 aromatic carbocycles. The number of rotatable bonds is 0. The van der Waals surface area contributed by atoms with E-state index in [9.17, 15) is 0 Å². The van der Waals surface area contributed by atoms with E-state index in [1.807, 2.05) is 31.2 Å². The number of halogens is 1. The molecule has 2 aromatic rings. The van der Waals surface area contributed by atoms with Crippen molar-refractivity contribution in [1.29, 1.82) is 0 Å². The Morgan fingerprint density at radius 3 is 2.62 bits per heavy atom. The molecule has 0 aliphatic carbocycles. The lowest BCUT2D eigenvalue weighted by Gasteiger charge is -2.03. The van der Waals surface area contributed by atoms with Crippen molar-refractivity contribution in [1.82, 2.24) is 0 Å². The van der Waals surface area contributed by atoms with Gasteiger partial charge in [0, 0.05) is 10.7 Å². The van der Waals surface area contributed by atoms with Crippen LogP contribution in [0.2, 0.25) is 5.02 Å². The molecule has 0 saturated carbocycles. The second kappa shape index (κ2) is 2.93. The minimum absolute atomic E-state index is 0.761. The number of benzene rings is 2. The van der Waals surface area contributed by atoms with Crippen molar-refractivity contribution < 1.29 is 0 Å². The van der Waals surface area contributed by atoms with Gasteiger partial charge in [-0.05, 0) is 47.5 Å². The zero-order valence-electron chi connectivity index (χ0n) is 7.34. The molecule has 0 aliphatic rings. The summed E-state index contributed by atoms with van der Waals surface area (Å²) < 4.78 is 0. The van der Waals surface area contributed by atoms with Gasteiger partial charge < -0.3 is 5.73 Å². The Hall–Kier alpha value is -1.21. The lowest BCUT2D eigenvalue weighted by Crippen LogP contribution is -1.88. The Kier molecular flexibility index (Phi) is 1.89. The molecule has 0 amide bonds. The van der Waals surface area contributed by atoms with E-state index in [-0.39, 0.29) is 0 Å². The van der Waals surface area contributed by atoms with Crippen LogP contribution in [-0.4, -0.2) is 0 Å². The molecule has 0 fully saturated rings. The molecule has 0 unspecified atom stereocenters. The van der Waals surface area contributed by atoms with Crippen molar-refractivity contribution in [3.05, 3.63) is 40.9 Å². The first kappa shape index (κ1) is 8.39. The van der Waals surface area contributed by atoms with Crippen molar-refractivity contribution in [3.8, 4) is 0 Å². The van der Waals surface area contributed by atoms with Gasteiger partial charge >= 0.3 is 0 Å². The molecule has 13 heavy (non-hydrogen) atoms. The first-order valence-corrected chi connectivity index (χ1v) is 4.50. The third-order valence-corrected chi connectivity index (χ3v) is 2.42. The van der Waals surface area contributed by atoms with E-state index in [0.717, 1.165) is 27.0 Å². The molecule has 0 radical (unpaired) electrons. The minimum Gasteiger partial charge on any atom is -0.398 e. The smallest absolute Gasteiger partial charge is 0.0412 e. The van der Waals surface area contributed by atoms with Crippen LogP contribution < -0.4 is 5.73 Å². The van der Waals surface area contributed by atoms with Crippen LogP contribution in [0.15, 0.2) is 30.3 Å². The highest BCUT2D eigenvalue weighted by Crippen LogP contribution is 2.23. The van der Waals surface area contributed by atoms with Crippen LogP contribution in [0.3, 0.4) is 0 Å². The normalized spacial score (nSPS) is 10.6. The van der Waals surface area contributed by atoms with E-state index in [4.69, 9.17) is 17.3 Å². The summed E-state index contributed by atoms with van der Waals surface area (Å²) in [5, 5.41) is 3.03. The first-order chi connectivity index (χ1) is 6.16. The maximum absolute atomic E-state index is 5.88. The Bertz CT molecular complexity index is 463. The summed E-state index contributed by atoms with van der Waals surface area (Å²) in [4.78, 5) is 0. The Morgan fingerprint density at radius 1 is 1.08 bits per heavy atom. The molecule has 0 atom stereocenters. The van der Waals surface area contributed by atoms with Crippen LogP contribution >= 0.6 is 11.6 Å². The summed E-state index contributed by atoms with van der Waals surface area (Å²) in [6.07, 6.45) is 0. The summed E-state index contributed by atoms with van der Waals surface area (Å²) in [6.45, 7) is 2.00. The predicted octanol–water partition coefficient (Wildman–Crippen LogP) is 3.38. The van der Waals surface area contributed by atoms with Gasteiger partial charge in [-0.15, -0.1) is 0 Å². The molecule has 66 valence electrons. The van der Waals surface area contributed by atoms with Gasteiger partial charge in [-0.25, -0.2) is 0 Å². The highest BCUT2D eigenvalue weighted by atomic mass is 35.5. The first-order valence-electron chi connectivity index (χ1n) is 4.12. The standard InChI is InChI=1S/C11H10ClN/c1-7-4-9-5-10(12)3-2-8(9)6-11(7)13/h2-6H,13H2,1H3. The number of aryl methyl sites for hydroxylation is 1. The third-order valence-electron chi connectivity index (χ3n) is 2.19. The van der Waals surface area contributed by atoms with Gasteiger partial charge in [-0.3, -0.25) is 0 Å². The van der Waals surface area contributed by atoms with E-state index in [1.54, 1.807) is 0 Å². The molecular weight excluding hydrogens is 182 g/mol. The van der Waals surface area contributed by atoms with Crippen LogP contribution in [0, 0.1) is 6.92 Å². The van der Waals surface area contributed by atoms with Gasteiger partial charge in [0.2, 0.25) is 0 Å². The van der Waals surface area contributed by atoms with Gasteiger partial charge in [0.1, 0.15) is 0 Å². The van der Waals surface area contributed by atoms with Crippen molar-refractivity contribution in [2.75, 3.05) is 5.73 Å². The van der Waals surface area contributed by atoms with Gasteiger partial charge in [0.05, 0.1) is 0 Å². The maximum Gasteiger partial charge on any atom is 0.0412 e. The quantitative estimate of drug-likeness (QED) is 0.635. The molecule has 0 bridgehead atoms. The van der Waals surface area contributed by atoms with Crippen LogP contribution in [0.1, 0.15) is 5.56 Å². The number of fused-ring (bicyclic) bond motifs is 1. The van der Waals surface area contributed by atoms with Crippen LogP contribution in [-0.2, 0) is 0 Å². The molecule has 2 rings (SSSR count). The van der Waals surface area contributed by atoms with Crippen molar-refractivity contribution >= 4 is 28.1 Å². The fraction of sp³-hybridized carbons (Fsp3) is 0.0909. The van der Waals surface area contributed by atoms with Crippen LogP contribution in [0.4, 0.5) is 5.69 Å². The molecule has 2 N–H and O–H groups in total. The van der Waals surface area contributed by atoms with E-state index in [1.165, 1.54) is 0 Å². The highest BCUT2D eigenvalue weighted by molar-refractivity contribution is 6.31.